The van der Waals surface area contributed by atoms with Crippen LogP contribution in [0, 0.1) is 0 Å². The molecule has 1 aromatic heterocycles. The topological polar surface area (TPSA) is 82.5 Å². The van der Waals surface area contributed by atoms with Gasteiger partial charge < -0.3 is 19.3 Å². The maximum absolute atomic E-state index is 6.20. The van der Waals surface area contributed by atoms with Gasteiger partial charge in [-0.25, -0.2) is 4.98 Å². The molecule has 0 spiro atoms. The highest BCUT2D eigenvalue weighted by Gasteiger charge is 2.24. The first kappa shape index (κ1) is 21.8. The fourth-order valence-corrected chi connectivity index (χ4v) is 4.30. The second kappa shape index (κ2) is 10.2. The molecule has 1 aliphatic heterocycles. The lowest BCUT2D eigenvalue weighted by molar-refractivity contribution is 0.0786. The van der Waals surface area contributed by atoms with Crippen LogP contribution in [-0.2, 0) is 11.3 Å². The Bertz CT molecular complexity index is 1030. The number of nitrogens with two attached hydrogens (primary N) is 1. The molecule has 0 radical (unpaired) electrons. The van der Waals surface area contributed by atoms with Crippen molar-refractivity contribution in [3.8, 4) is 5.75 Å². The van der Waals surface area contributed by atoms with Crippen molar-refractivity contribution in [3.05, 3.63) is 71.2 Å². The van der Waals surface area contributed by atoms with E-state index >= 15 is 0 Å². The Morgan fingerprint density at radius 3 is 2.71 bits per heavy atom. The number of ether oxygens (including phenoxy) is 2. The van der Waals surface area contributed by atoms with Gasteiger partial charge in [0.15, 0.2) is 11.0 Å². The zero-order valence-electron chi connectivity index (χ0n) is 17.0. The number of nitrogens with one attached hydrogen (secondary N) is 1. The number of halogens is 1. The molecule has 3 N–H and O–H groups in total. The van der Waals surface area contributed by atoms with Gasteiger partial charge in [-0.3, -0.25) is 5.84 Å². The molecule has 162 valence electrons. The molecule has 1 fully saturated rings. The van der Waals surface area contributed by atoms with E-state index in [1.807, 2.05) is 42.5 Å². The largest absolute Gasteiger partial charge is 0.487 e. The van der Waals surface area contributed by atoms with E-state index in [0.29, 0.717) is 10.8 Å². The van der Waals surface area contributed by atoms with Crippen LogP contribution in [0.15, 0.2) is 63.4 Å². The van der Waals surface area contributed by atoms with Crippen molar-refractivity contribution in [2.45, 2.75) is 35.4 Å². The van der Waals surface area contributed by atoms with Crippen LogP contribution in [-0.4, -0.2) is 18.2 Å². The van der Waals surface area contributed by atoms with Crippen molar-refractivity contribution in [1.29, 1.82) is 0 Å². The van der Waals surface area contributed by atoms with Crippen LogP contribution in [0.3, 0.4) is 0 Å². The fourth-order valence-electron chi connectivity index (χ4n) is 3.34. The third kappa shape index (κ3) is 5.43. The number of nitrogens with zero attached hydrogens (tertiary/aromatic N) is 1. The standard InChI is InChI=1S/C23H24ClN3O3S/c1-2-15-13-18(5-8-20(15)27-25)29-14-21-23(31-19-6-3-17(24)4-7-19)30-22(26-21)16-9-11-28-12-10-16/h2-8,13,16,27H,1,9-12,14,25H2. The molecule has 31 heavy (non-hydrogen) atoms. The highest BCUT2D eigenvalue weighted by molar-refractivity contribution is 7.99. The maximum atomic E-state index is 6.20. The maximum Gasteiger partial charge on any atom is 0.199 e. The number of anilines is 1. The average Bonchev–Trinajstić information content (AvgIpc) is 3.22. The van der Waals surface area contributed by atoms with Crippen LogP contribution in [0.2, 0.25) is 5.02 Å². The predicted octanol–water partition coefficient (Wildman–Crippen LogP) is 5.88. The molecule has 6 nitrogen and oxygen atoms in total. The highest BCUT2D eigenvalue weighted by atomic mass is 35.5. The van der Waals surface area contributed by atoms with E-state index in [0.717, 1.165) is 58.9 Å². The number of rotatable bonds is 8. The van der Waals surface area contributed by atoms with Crippen LogP contribution in [0.25, 0.3) is 6.08 Å². The molecule has 1 aliphatic rings. The Hall–Kier alpha value is -2.45. The Morgan fingerprint density at radius 1 is 1.23 bits per heavy atom. The molecule has 0 amide bonds. The van der Waals surface area contributed by atoms with Crippen LogP contribution in [0.1, 0.15) is 35.9 Å². The summed E-state index contributed by atoms with van der Waals surface area (Å²) in [6, 6.07) is 13.2. The van der Waals surface area contributed by atoms with Gasteiger partial charge in [0, 0.05) is 34.6 Å². The molecular weight excluding hydrogens is 434 g/mol. The highest BCUT2D eigenvalue weighted by Crippen LogP contribution is 2.36. The summed E-state index contributed by atoms with van der Waals surface area (Å²) in [7, 11) is 0. The molecule has 0 unspecified atom stereocenters. The lowest BCUT2D eigenvalue weighted by Crippen LogP contribution is -2.14. The van der Waals surface area contributed by atoms with Gasteiger partial charge in [0.05, 0.1) is 5.69 Å². The third-order valence-corrected chi connectivity index (χ3v) is 6.31. The summed E-state index contributed by atoms with van der Waals surface area (Å²) in [6.07, 6.45) is 3.54. The number of hydrazine groups is 1. The third-order valence-electron chi connectivity index (χ3n) is 5.05. The van der Waals surface area contributed by atoms with E-state index in [1.54, 1.807) is 6.08 Å². The SMILES string of the molecule is C=Cc1cc(OCc2nc(C3CCOCC3)oc2Sc2ccc(Cl)cc2)ccc1NN. The van der Waals surface area contributed by atoms with Crippen molar-refractivity contribution < 1.29 is 13.9 Å². The minimum atomic E-state index is 0.259. The first-order chi connectivity index (χ1) is 15.2. The van der Waals surface area contributed by atoms with Crippen molar-refractivity contribution >= 4 is 35.1 Å². The van der Waals surface area contributed by atoms with Crippen molar-refractivity contribution in [2.75, 3.05) is 18.6 Å². The van der Waals surface area contributed by atoms with Crippen LogP contribution in [0.5, 0.6) is 5.75 Å². The van der Waals surface area contributed by atoms with Crippen LogP contribution < -0.4 is 16.0 Å². The van der Waals surface area contributed by atoms with E-state index < -0.39 is 0 Å². The Labute approximate surface area is 190 Å². The summed E-state index contributed by atoms with van der Waals surface area (Å²) >= 11 is 7.53. The molecule has 0 aliphatic carbocycles. The molecule has 2 heterocycles. The minimum absolute atomic E-state index is 0.259. The molecule has 3 aromatic rings. The molecule has 0 atom stereocenters. The smallest absolute Gasteiger partial charge is 0.199 e. The summed E-state index contributed by atoms with van der Waals surface area (Å²) < 4.78 is 17.7. The summed E-state index contributed by atoms with van der Waals surface area (Å²) in [4.78, 5) is 5.81. The van der Waals surface area contributed by atoms with Gasteiger partial charge >= 0.3 is 0 Å². The monoisotopic (exact) mass is 457 g/mol. The molecule has 8 heteroatoms. The number of aromatic nitrogens is 1. The first-order valence-electron chi connectivity index (χ1n) is 10.0. The molecule has 4 rings (SSSR count). The molecule has 2 aromatic carbocycles. The van der Waals surface area contributed by atoms with Crippen LogP contribution in [0.4, 0.5) is 5.69 Å². The van der Waals surface area contributed by atoms with Gasteiger partial charge in [-0.2, -0.15) is 0 Å². The Kier molecular flexibility index (Phi) is 7.19. The number of oxazole rings is 1. The van der Waals surface area contributed by atoms with Gasteiger partial charge in [0.2, 0.25) is 0 Å². The summed E-state index contributed by atoms with van der Waals surface area (Å²) in [6.45, 7) is 5.56. The van der Waals surface area contributed by atoms with Crippen molar-refractivity contribution in [1.82, 2.24) is 4.98 Å². The van der Waals surface area contributed by atoms with Gasteiger partial charge in [0.25, 0.3) is 0 Å². The molecule has 0 saturated carbocycles. The van der Waals surface area contributed by atoms with E-state index in [-0.39, 0.29) is 12.5 Å². The lowest BCUT2D eigenvalue weighted by atomic mass is 10.0. The van der Waals surface area contributed by atoms with E-state index in [4.69, 9.17) is 36.3 Å². The molecular formula is C23H24ClN3O3S. The van der Waals surface area contributed by atoms with E-state index in [1.165, 1.54) is 11.8 Å². The summed E-state index contributed by atoms with van der Waals surface area (Å²) in [5.74, 6) is 7.24. The number of hydrogen-bond acceptors (Lipinski definition) is 7. The Balaban J connectivity index is 1.56. The van der Waals surface area contributed by atoms with Gasteiger partial charge in [0.1, 0.15) is 18.1 Å². The number of hydrogen-bond donors (Lipinski definition) is 2. The first-order valence-corrected chi connectivity index (χ1v) is 11.2. The van der Waals surface area contributed by atoms with Gasteiger partial charge in [-0.1, -0.05) is 24.3 Å². The Morgan fingerprint density at radius 2 is 2.00 bits per heavy atom. The zero-order chi connectivity index (χ0) is 21.6. The summed E-state index contributed by atoms with van der Waals surface area (Å²) in [5, 5.41) is 1.43. The fraction of sp³-hybridized carbons (Fsp3) is 0.261. The molecule has 1 saturated heterocycles. The van der Waals surface area contributed by atoms with Crippen molar-refractivity contribution in [3.63, 3.8) is 0 Å². The normalized spacial score (nSPS) is 14.4. The van der Waals surface area contributed by atoms with Crippen LogP contribution >= 0.6 is 23.4 Å². The van der Waals surface area contributed by atoms with E-state index in [2.05, 4.69) is 12.0 Å². The zero-order valence-corrected chi connectivity index (χ0v) is 18.5. The minimum Gasteiger partial charge on any atom is -0.487 e. The summed E-state index contributed by atoms with van der Waals surface area (Å²) in [5.41, 5.74) is 5.06. The quantitative estimate of drug-likeness (QED) is 0.322. The number of nitrogen functional groups attached to an aromatic ring is 1. The predicted molar refractivity (Wildman–Crippen MR) is 124 cm³/mol. The van der Waals surface area contributed by atoms with Gasteiger partial charge in [-0.05, 0) is 67.1 Å². The van der Waals surface area contributed by atoms with Gasteiger partial charge in [-0.15, -0.1) is 0 Å². The lowest BCUT2D eigenvalue weighted by Gasteiger charge is -2.18. The van der Waals surface area contributed by atoms with Crippen molar-refractivity contribution in [2.24, 2.45) is 5.84 Å². The number of benzene rings is 2. The second-order valence-corrected chi connectivity index (χ2v) is 8.60. The average molecular weight is 458 g/mol. The van der Waals surface area contributed by atoms with E-state index in [9.17, 15) is 0 Å². The second-order valence-electron chi connectivity index (χ2n) is 7.12. The molecule has 0 bridgehead atoms.